The van der Waals surface area contributed by atoms with Gasteiger partial charge < -0.3 is 0 Å². The number of sulfonamides is 1. The third-order valence-corrected chi connectivity index (χ3v) is 4.31. The highest BCUT2D eigenvalue weighted by molar-refractivity contribution is 7.90. The number of unbranched alkanes of at least 4 members (excludes halogenated alkanes) is 1. The molecule has 1 N–H and O–H groups in total. The van der Waals surface area contributed by atoms with Crippen LogP contribution in [0.1, 0.15) is 26.7 Å². The number of amides is 1. The Balaban J connectivity index is 0. The largest absolute Gasteiger partial charge is 0.516 e. The van der Waals surface area contributed by atoms with Crippen molar-refractivity contribution in [2.75, 3.05) is 19.6 Å². The van der Waals surface area contributed by atoms with Gasteiger partial charge in [-0.2, -0.15) is 65.5 Å². The summed E-state index contributed by atoms with van der Waals surface area (Å²) in [5.41, 5.74) is -6.37. The third kappa shape index (κ3) is 9.53. The molecule has 194 valence electrons. The number of rotatable bonds is 8. The minimum atomic E-state index is -7.08. The van der Waals surface area contributed by atoms with Gasteiger partial charge in [-0.25, -0.2) is 4.72 Å². The summed E-state index contributed by atoms with van der Waals surface area (Å²) >= 11 is 0. The molecular formula is C13H17F13N2O3S. The Hall–Kier alpha value is -1.53. The van der Waals surface area contributed by atoms with Gasteiger partial charge >= 0.3 is 45.6 Å². The maximum atomic E-state index is 12.5. The second-order valence-electron chi connectivity index (χ2n) is 5.86. The zero-order valence-corrected chi connectivity index (χ0v) is 16.8. The van der Waals surface area contributed by atoms with Crippen LogP contribution in [0, 0.1) is 0 Å². The molecule has 0 aromatic carbocycles. The number of alkyl halides is 13. The number of carbonyl (C=O) groups excluding carboxylic acids is 1. The Kier molecular flexibility index (Phi) is 11.3. The molecule has 0 atom stereocenters. The Morgan fingerprint density at radius 2 is 1.28 bits per heavy atom. The van der Waals surface area contributed by atoms with Crippen LogP contribution >= 0.6 is 0 Å². The van der Waals surface area contributed by atoms with Gasteiger partial charge in [-0.15, -0.1) is 0 Å². The van der Waals surface area contributed by atoms with Crippen LogP contribution in [0.15, 0.2) is 0 Å². The lowest BCUT2D eigenvalue weighted by Gasteiger charge is -2.26. The lowest BCUT2D eigenvalue weighted by Crippen LogP contribution is -2.60. The minimum Gasteiger partial charge on any atom is -0.295 e. The van der Waals surface area contributed by atoms with E-state index in [1.807, 2.05) is 6.92 Å². The molecule has 0 aromatic heterocycles. The van der Waals surface area contributed by atoms with Gasteiger partial charge in [0.15, 0.2) is 0 Å². The molecule has 0 saturated heterocycles. The summed E-state index contributed by atoms with van der Waals surface area (Å²) in [5.74, 6) is -17.8. The fraction of sp³-hybridized carbons (Fsp3) is 0.923. The topological polar surface area (TPSA) is 66.5 Å². The first-order chi connectivity index (χ1) is 13.9. The lowest BCUT2D eigenvalue weighted by atomic mass is 10.1. The van der Waals surface area contributed by atoms with Gasteiger partial charge in [-0.1, -0.05) is 20.3 Å². The molecule has 0 fully saturated rings. The summed E-state index contributed by atoms with van der Waals surface area (Å²) in [5, 5.41) is 0. The van der Waals surface area contributed by atoms with E-state index < -0.39 is 56.9 Å². The van der Waals surface area contributed by atoms with E-state index in [2.05, 4.69) is 0 Å². The molecule has 32 heavy (non-hydrogen) atoms. The van der Waals surface area contributed by atoms with E-state index in [1.54, 1.807) is 6.92 Å². The van der Waals surface area contributed by atoms with Crippen LogP contribution in [0.3, 0.4) is 0 Å². The summed E-state index contributed by atoms with van der Waals surface area (Å²) < 4.78 is 174. The molecule has 0 spiro atoms. The van der Waals surface area contributed by atoms with Crippen LogP contribution in [0.25, 0.3) is 0 Å². The van der Waals surface area contributed by atoms with E-state index in [-0.39, 0.29) is 0 Å². The van der Waals surface area contributed by atoms with Crippen molar-refractivity contribution in [1.82, 2.24) is 9.62 Å². The predicted molar refractivity (Wildman–Crippen MR) is 82.1 cm³/mol. The Labute approximate surface area is 173 Å². The first-order valence-electron chi connectivity index (χ1n) is 8.12. The first-order valence-corrected chi connectivity index (χ1v) is 9.60. The summed E-state index contributed by atoms with van der Waals surface area (Å²) in [4.78, 5) is 11.7. The Bertz CT molecular complexity index is 699. The maximum absolute atomic E-state index is 12.5. The Morgan fingerprint density at radius 1 is 0.844 bits per heavy atom. The molecule has 0 saturated carbocycles. The minimum absolute atomic E-state index is 0.472. The van der Waals surface area contributed by atoms with Crippen molar-refractivity contribution in [3.8, 4) is 0 Å². The monoisotopic (exact) mass is 528 g/mol. The molecule has 0 aromatic rings. The van der Waals surface area contributed by atoms with Crippen LogP contribution in [0.2, 0.25) is 0 Å². The molecule has 0 unspecified atom stereocenters. The number of hydrogen-bond acceptors (Lipinski definition) is 4. The van der Waals surface area contributed by atoms with Gasteiger partial charge in [0.25, 0.3) is 0 Å². The molecule has 5 nitrogen and oxygen atoms in total. The normalized spacial score (nSPS) is 14.1. The van der Waals surface area contributed by atoms with E-state index >= 15 is 0 Å². The first kappa shape index (κ1) is 32.6. The fourth-order valence-corrected chi connectivity index (χ4v) is 2.04. The Morgan fingerprint density at radius 3 is 1.56 bits per heavy atom. The molecular weight excluding hydrogens is 511 g/mol. The van der Waals surface area contributed by atoms with E-state index in [0.29, 0.717) is 13.1 Å². The molecule has 19 heteroatoms. The van der Waals surface area contributed by atoms with Crippen molar-refractivity contribution in [3.05, 3.63) is 0 Å². The zero-order valence-electron chi connectivity index (χ0n) is 16.0. The number of hydrogen-bond donors (Lipinski definition) is 1. The van der Waals surface area contributed by atoms with Crippen molar-refractivity contribution in [3.63, 3.8) is 0 Å². The number of carbonyl (C=O) groups is 1. The van der Waals surface area contributed by atoms with E-state index in [4.69, 9.17) is 0 Å². The summed E-state index contributed by atoms with van der Waals surface area (Å²) in [6.45, 7) is 3.97. The highest BCUT2D eigenvalue weighted by Gasteiger charge is 2.77. The average Bonchev–Trinajstić information content (AvgIpc) is 2.55. The SMILES string of the molecule is CCCCN(CC)CC(F)(F)F.O=C(NS(=O)(=O)C(F)(F)F)C(F)(F)C(F)(F)C(F)(F)F. The molecule has 0 aliphatic rings. The van der Waals surface area contributed by atoms with E-state index in [1.165, 1.54) is 4.90 Å². The standard InChI is InChI=1S/C8H16F3N.C5HF10NO3S/c1-3-5-6-12(4-2)7-8(9,10)11;6-2(7,3(8,9)4(10,11)12)1(17)16-20(18,19)5(13,14)15/h3-7H2,1-2H3;(H,16,17). The van der Waals surface area contributed by atoms with Gasteiger partial charge in [0, 0.05) is 0 Å². The number of halogens is 13. The second kappa shape index (κ2) is 11.1. The fourth-order valence-electron chi connectivity index (χ4n) is 1.55. The summed E-state index contributed by atoms with van der Waals surface area (Å²) in [6, 6.07) is 0. The van der Waals surface area contributed by atoms with Crippen molar-refractivity contribution < 1.29 is 70.3 Å². The van der Waals surface area contributed by atoms with Gasteiger partial charge in [-0.3, -0.25) is 9.69 Å². The van der Waals surface area contributed by atoms with Crippen LogP contribution < -0.4 is 4.72 Å². The summed E-state index contributed by atoms with van der Waals surface area (Å²) in [7, 11) is -6.87. The smallest absolute Gasteiger partial charge is 0.295 e. The second-order valence-corrected chi connectivity index (χ2v) is 7.54. The molecule has 0 heterocycles. The van der Waals surface area contributed by atoms with Crippen LogP contribution in [-0.2, 0) is 14.8 Å². The predicted octanol–water partition coefficient (Wildman–Crippen LogP) is 4.46. The van der Waals surface area contributed by atoms with Gasteiger partial charge in [0.2, 0.25) is 0 Å². The van der Waals surface area contributed by atoms with Gasteiger partial charge in [0.1, 0.15) is 0 Å². The highest BCUT2D eigenvalue weighted by atomic mass is 32.2. The van der Waals surface area contributed by atoms with E-state index in [9.17, 15) is 70.3 Å². The lowest BCUT2D eigenvalue weighted by molar-refractivity contribution is -0.343. The van der Waals surface area contributed by atoms with Crippen molar-refractivity contribution in [2.45, 2.75) is 56.4 Å². The molecule has 0 aliphatic carbocycles. The maximum Gasteiger partial charge on any atom is 0.516 e. The van der Waals surface area contributed by atoms with Crippen molar-refractivity contribution in [1.29, 1.82) is 0 Å². The van der Waals surface area contributed by atoms with E-state index in [0.717, 1.165) is 12.8 Å². The number of nitrogens with one attached hydrogen (secondary N) is 1. The summed E-state index contributed by atoms with van der Waals surface area (Å²) in [6.07, 6.45) is -9.28. The molecule has 0 radical (unpaired) electrons. The number of nitrogens with zero attached hydrogens (tertiary/aromatic N) is 1. The molecule has 0 aliphatic heterocycles. The van der Waals surface area contributed by atoms with Gasteiger partial charge in [0.05, 0.1) is 6.54 Å². The van der Waals surface area contributed by atoms with Crippen molar-refractivity contribution >= 4 is 15.9 Å². The van der Waals surface area contributed by atoms with Crippen molar-refractivity contribution in [2.24, 2.45) is 0 Å². The molecule has 0 bridgehead atoms. The quantitative estimate of drug-likeness (QED) is 0.473. The molecule has 0 rings (SSSR count). The van der Waals surface area contributed by atoms with Crippen LogP contribution in [0.4, 0.5) is 57.1 Å². The average molecular weight is 528 g/mol. The molecule has 1 amide bonds. The zero-order chi connectivity index (χ0) is 26.4. The van der Waals surface area contributed by atoms with Crippen LogP contribution in [-0.4, -0.2) is 68.6 Å². The third-order valence-electron chi connectivity index (χ3n) is 3.25. The van der Waals surface area contributed by atoms with Gasteiger partial charge in [-0.05, 0) is 19.5 Å². The highest BCUT2D eigenvalue weighted by Crippen LogP contribution is 2.46. The van der Waals surface area contributed by atoms with Crippen LogP contribution in [0.5, 0.6) is 0 Å².